The molecule has 1 aliphatic carbocycles. The van der Waals surface area contributed by atoms with E-state index in [-0.39, 0.29) is 17.7 Å². The molecule has 0 spiro atoms. The van der Waals surface area contributed by atoms with E-state index in [1.54, 1.807) is 11.1 Å². The molecule has 1 aromatic heterocycles. The largest absolute Gasteiger partial charge is 0.336 e. The molecule has 0 aliphatic heterocycles. The highest BCUT2D eigenvalue weighted by molar-refractivity contribution is 6.31. The number of hydrogen-bond donors (Lipinski definition) is 0. The van der Waals surface area contributed by atoms with Crippen LogP contribution in [-0.2, 0) is 11.3 Å². The van der Waals surface area contributed by atoms with Gasteiger partial charge in [0.25, 0.3) is 0 Å². The summed E-state index contributed by atoms with van der Waals surface area (Å²) in [6, 6.07) is 15.4. The highest BCUT2D eigenvalue weighted by atomic mass is 35.5. The Hall–Kier alpha value is -2.38. The molecule has 4 nitrogen and oxygen atoms in total. The van der Waals surface area contributed by atoms with E-state index in [0.29, 0.717) is 24.5 Å². The number of benzene rings is 1. The Morgan fingerprint density at radius 2 is 2.08 bits per heavy atom. The minimum absolute atomic E-state index is 0.0488. The van der Waals surface area contributed by atoms with Crippen LogP contribution in [0.2, 0.25) is 5.02 Å². The molecule has 122 valence electrons. The Kier molecular flexibility index (Phi) is 5.12. The molecule has 0 N–H and O–H groups in total. The van der Waals surface area contributed by atoms with Crippen molar-refractivity contribution in [3.8, 4) is 6.07 Å². The van der Waals surface area contributed by atoms with E-state index >= 15 is 0 Å². The quantitative estimate of drug-likeness (QED) is 0.804. The van der Waals surface area contributed by atoms with Gasteiger partial charge in [-0.2, -0.15) is 5.26 Å². The molecule has 0 unspecified atom stereocenters. The Bertz CT molecular complexity index is 757. The maximum Gasteiger partial charge on any atom is 0.226 e. The van der Waals surface area contributed by atoms with Crippen molar-refractivity contribution in [3.05, 3.63) is 64.9 Å². The van der Waals surface area contributed by atoms with Crippen molar-refractivity contribution in [2.75, 3.05) is 6.54 Å². The highest BCUT2D eigenvalue weighted by Crippen LogP contribution is 2.50. The zero-order chi connectivity index (χ0) is 16.9. The zero-order valence-corrected chi connectivity index (χ0v) is 14.0. The molecule has 1 aromatic carbocycles. The zero-order valence-electron chi connectivity index (χ0n) is 13.2. The minimum Gasteiger partial charge on any atom is -0.336 e. The van der Waals surface area contributed by atoms with Gasteiger partial charge in [-0.1, -0.05) is 35.9 Å². The third-order valence-corrected chi connectivity index (χ3v) is 4.64. The summed E-state index contributed by atoms with van der Waals surface area (Å²) in [6.45, 7) is 0.866. The van der Waals surface area contributed by atoms with Crippen molar-refractivity contribution in [3.63, 3.8) is 0 Å². The van der Waals surface area contributed by atoms with E-state index in [0.717, 1.165) is 17.7 Å². The van der Waals surface area contributed by atoms with Gasteiger partial charge >= 0.3 is 0 Å². The predicted molar refractivity (Wildman–Crippen MR) is 92.2 cm³/mol. The van der Waals surface area contributed by atoms with Crippen LogP contribution < -0.4 is 0 Å². The van der Waals surface area contributed by atoms with Crippen molar-refractivity contribution >= 4 is 17.5 Å². The molecule has 2 atom stereocenters. The van der Waals surface area contributed by atoms with Gasteiger partial charge in [0.2, 0.25) is 5.91 Å². The topological polar surface area (TPSA) is 57.0 Å². The van der Waals surface area contributed by atoms with Gasteiger partial charge in [-0.15, -0.1) is 0 Å². The summed E-state index contributed by atoms with van der Waals surface area (Å²) in [7, 11) is 0. The Balaban J connectivity index is 1.71. The monoisotopic (exact) mass is 339 g/mol. The second-order valence-electron chi connectivity index (χ2n) is 5.96. The molecule has 24 heavy (non-hydrogen) atoms. The molecule has 1 amide bonds. The molecule has 1 saturated carbocycles. The Labute approximate surface area is 146 Å². The molecule has 1 fully saturated rings. The van der Waals surface area contributed by atoms with Crippen LogP contribution in [0.3, 0.4) is 0 Å². The van der Waals surface area contributed by atoms with E-state index in [1.165, 1.54) is 0 Å². The SMILES string of the molecule is N#CCCN(Cc1ccccn1)C(=O)[C@@H]1C[C@H]1c1ccccc1Cl. The van der Waals surface area contributed by atoms with Crippen LogP contribution in [0.25, 0.3) is 0 Å². The molecule has 1 aliphatic rings. The average molecular weight is 340 g/mol. The fourth-order valence-electron chi connectivity index (χ4n) is 2.96. The first kappa shape index (κ1) is 16.5. The molecule has 0 radical (unpaired) electrons. The Morgan fingerprint density at radius 1 is 1.29 bits per heavy atom. The molecule has 0 bridgehead atoms. The van der Waals surface area contributed by atoms with Gasteiger partial charge in [0.05, 0.1) is 24.7 Å². The first-order valence-electron chi connectivity index (χ1n) is 8.00. The fraction of sp³-hybridized carbons (Fsp3) is 0.316. The van der Waals surface area contributed by atoms with E-state index < -0.39 is 0 Å². The predicted octanol–water partition coefficient (Wildman–Crippen LogP) is 3.78. The van der Waals surface area contributed by atoms with Crippen LogP contribution >= 0.6 is 11.6 Å². The van der Waals surface area contributed by atoms with Crippen molar-refractivity contribution < 1.29 is 4.79 Å². The number of pyridine rings is 1. The van der Waals surface area contributed by atoms with Gasteiger partial charge in [-0.05, 0) is 36.1 Å². The lowest BCUT2D eigenvalue weighted by Gasteiger charge is -2.21. The molecular formula is C19H18ClN3O. The van der Waals surface area contributed by atoms with Crippen molar-refractivity contribution in [1.29, 1.82) is 5.26 Å². The number of carbonyl (C=O) groups is 1. The lowest BCUT2D eigenvalue weighted by atomic mass is 10.1. The lowest BCUT2D eigenvalue weighted by molar-refractivity contribution is -0.133. The van der Waals surface area contributed by atoms with Crippen molar-refractivity contribution in [2.45, 2.75) is 25.3 Å². The summed E-state index contributed by atoms with van der Waals surface area (Å²) in [4.78, 5) is 18.9. The van der Waals surface area contributed by atoms with E-state index in [2.05, 4.69) is 11.1 Å². The maximum atomic E-state index is 12.9. The van der Waals surface area contributed by atoms with Crippen LogP contribution in [0.15, 0.2) is 48.7 Å². The van der Waals surface area contributed by atoms with Gasteiger partial charge < -0.3 is 4.90 Å². The summed E-state index contributed by atoms with van der Waals surface area (Å²) in [5, 5.41) is 9.58. The summed E-state index contributed by atoms with van der Waals surface area (Å²) in [5.74, 6) is 0.215. The van der Waals surface area contributed by atoms with Crippen LogP contribution in [-0.4, -0.2) is 22.3 Å². The van der Waals surface area contributed by atoms with Crippen LogP contribution in [0.4, 0.5) is 0 Å². The lowest BCUT2D eigenvalue weighted by Crippen LogP contribution is -2.33. The van der Waals surface area contributed by atoms with E-state index in [4.69, 9.17) is 16.9 Å². The van der Waals surface area contributed by atoms with Gasteiger partial charge in [0.1, 0.15) is 0 Å². The molecule has 2 aromatic rings. The number of nitrogens with zero attached hydrogens (tertiary/aromatic N) is 3. The van der Waals surface area contributed by atoms with Crippen molar-refractivity contribution in [2.24, 2.45) is 5.92 Å². The second-order valence-corrected chi connectivity index (χ2v) is 6.37. The molecule has 5 heteroatoms. The van der Waals surface area contributed by atoms with Gasteiger partial charge in [-0.25, -0.2) is 0 Å². The third kappa shape index (κ3) is 3.74. The third-order valence-electron chi connectivity index (χ3n) is 4.30. The normalized spacial score (nSPS) is 18.7. The molecular weight excluding hydrogens is 322 g/mol. The van der Waals surface area contributed by atoms with Crippen molar-refractivity contribution in [1.82, 2.24) is 9.88 Å². The smallest absolute Gasteiger partial charge is 0.226 e. The number of aromatic nitrogens is 1. The maximum absolute atomic E-state index is 12.9. The molecule has 1 heterocycles. The number of nitriles is 1. The van der Waals surface area contributed by atoms with Gasteiger partial charge in [-0.3, -0.25) is 9.78 Å². The minimum atomic E-state index is -0.0488. The first-order chi connectivity index (χ1) is 11.7. The molecule has 0 saturated heterocycles. The summed E-state index contributed by atoms with van der Waals surface area (Å²) in [5.41, 5.74) is 1.87. The van der Waals surface area contributed by atoms with Gasteiger partial charge in [0.15, 0.2) is 0 Å². The number of rotatable bonds is 6. The van der Waals surface area contributed by atoms with Gasteiger partial charge in [0, 0.05) is 23.7 Å². The number of carbonyl (C=O) groups excluding carboxylic acids is 1. The molecule has 3 rings (SSSR count). The highest BCUT2D eigenvalue weighted by Gasteiger charge is 2.46. The van der Waals surface area contributed by atoms with E-state index in [1.807, 2.05) is 42.5 Å². The van der Waals surface area contributed by atoms with Crippen LogP contribution in [0, 0.1) is 17.2 Å². The fourth-order valence-corrected chi connectivity index (χ4v) is 3.24. The summed E-state index contributed by atoms with van der Waals surface area (Å²) in [6.07, 6.45) is 2.85. The van der Waals surface area contributed by atoms with Crippen LogP contribution in [0.5, 0.6) is 0 Å². The number of hydrogen-bond acceptors (Lipinski definition) is 3. The average Bonchev–Trinajstić information content (AvgIpc) is 3.40. The second kappa shape index (κ2) is 7.46. The number of amides is 1. The van der Waals surface area contributed by atoms with E-state index in [9.17, 15) is 4.79 Å². The summed E-state index contributed by atoms with van der Waals surface area (Å²) >= 11 is 6.24. The number of halogens is 1. The summed E-state index contributed by atoms with van der Waals surface area (Å²) < 4.78 is 0. The van der Waals surface area contributed by atoms with Crippen LogP contribution in [0.1, 0.15) is 30.0 Å². The first-order valence-corrected chi connectivity index (χ1v) is 8.38. The standard InChI is InChI=1S/C19H18ClN3O/c20-18-8-2-1-7-15(18)16-12-17(16)19(24)23(11-5-9-21)13-14-6-3-4-10-22-14/h1-4,6-8,10,16-17H,5,11-13H2/t16-,17+/m0/s1. The Morgan fingerprint density at radius 3 is 2.79 bits per heavy atom.